The molecule has 0 amide bonds. The van der Waals surface area contributed by atoms with Crippen molar-refractivity contribution >= 4 is 15.7 Å². The molecule has 2 N–H and O–H groups in total. The van der Waals surface area contributed by atoms with Gasteiger partial charge in [0, 0.05) is 13.1 Å². The monoisotopic (exact) mass is 312 g/mol. The fraction of sp³-hybridized carbons (Fsp3) is 0.600. The highest BCUT2D eigenvalue weighted by Gasteiger charge is 2.24. The summed E-state index contributed by atoms with van der Waals surface area (Å²) in [6.07, 6.45) is 2.97. The first-order chi connectivity index (χ1) is 9.99. The fourth-order valence-corrected chi connectivity index (χ4v) is 3.86. The van der Waals surface area contributed by atoms with Gasteiger partial charge in [0.1, 0.15) is 12.4 Å². The van der Waals surface area contributed by atoms with E-state index in [0.717, 1.165) is 19.3 Å². The Bertz CT molecular complexity index is 560. The number of sulfonamides is 1. The van der Waals surface area contributed by atoms with Gasteiger partial charge in [-0.15, -0.1) is 0 Å². The van der Waals surface area contributed by atoms with Crippen LogP contribution in [0.15, 0.2) is 24.3 Å². The van der Waals surface area contributed by atoms with Gasteiger partial charge in [0.2, 0.25) is 10.0 Å². The molecular weight excluding hydrogens is 288 g/mol. The van der Waals surface area contributed by atoms with Gasteiger partial charge in [-0.2, -0.15) is 0 Å². The SMILES string of the molecule is CC1CCCN(S(=O)(=O)CCOc2ccccc2N)CC1. The Morgan fingerprint density at radius 2 is 2.05 bits per heavy atom. The lowest BCUT2D eigenvalue weighted by Crippen LogP contribution is -2.35. The van der Waals surface area contributed by atoms with E-state index >= 15 is 0 Å². The average Bonchev–Trinajstić information content (AvgIpc) is 2.66. The summed E-state index contributed by atoms with van der Waals surface area (Å²) in [5, 5.41) is 0. The maximum absolute atomic E-state index is 12.3. The first-order valence-corrected chi connectivity index (χ1v) is 9.05. The zero-order valence-corrected chi connectivity index (χ0v) is 13.3. The molecule has 0 bridgehead atoms. The van der Waals surface area contributed by atoms with Crippen molar-refractivity contribution in [2.24, 2.45) is 5.92 Å². The molecule has 0 aliphatic carbocycles. The first kappa shape index (κ1) is 16.1. The smallest absolute Gasteiger partial charge is 0.217 e. The molecule has 0 aromatic heterocycles. The largest absolute Gasteiger partial charge is 0.490 e. The van der Waals surface area contributed by atoms with Crippen molar-refractivity contribution in [3.8, 4) is 5.75 Å². The van der Waals surface area contributed by atoms with Crippen molar-refractivity contribution in [3.05, 3.63) is 24.3 Å². The third kappa shape index (κ3) is 4.61. The number of rotatable bonds is 5. The zero-order valence-electron chi connectivity index (χ0n) is 12.5. The minimum absolute atomic E-state index is 0.00425. The molecule has 1 heterocycles. The molecule has 1 aliphatic heterocycles. The molecule has 1 aliphatic rings. The van der Waals surface area contributed by atoms with Crippen molar-refractivity contribution in [1.29, 1.82) is 0 Å². The third-order valence-corrected chi connectivity index (χ3v) is 5.72. The van der Waals surface area contributed by atoms with Gasteiger partial charge in [0.25, 0.3) is 0 Å². The molecule has 1 aromatic rings. The van der Waals surface area contributed by atoms with Gasteiger partial charge in [-0.05, 0) is 37.3 Å². The number of para-hydroxylation sites is 2. The Labute approximate surface area is 127 Å². The summed E-state index contributed by atoms with van der Waals surface area (Å²) in [5.41, 5.74) is 6.29. The molecule has 5 nitrogen and oxygen atoms in total. The number of anilines is 1. The number of benzene rings is 1. The predicted octanol–water partition coefficient (Wildman–Crippen LogP) is 2.10. The molecule has 6 heteroatoms. The number of nitrogens with two attached hydrogens (primary N) is 1. The first-order valence-electron chi connectivity index (χ1n) is 7.44. The van der Waals surface area contributed by atoms with Gasteiger partial charge in [-0.1, -0.05) is 19.1 Å². The van der Waals surface area contributed by atoms with Crippen LogP contribution in [0.25, 0.3) is 0 Å². The van der Waals surface area contributed by atoms with Crippen molar-refractivity contribution in [2.75, 3.05) is 31.2 Å². The van der Waals surface area contributed by atoms with Gasteiger partial charge < -0.3 is 10.5 Å². The Balaban J connectivity index is 1.88. The highest BCUT2D eigenvalue weighted by Crippen LogP contribution is 2.21. The number of nitrogen functional groups attached to an aromatic ring is 1. The van der Waals surface area contributed by atoms with E-state index in [0.29, 0.717) is 30.4 Å². The van der Waals surface area contributed by atoms with Crippen LogP contribution in [-0.4, -0.2) is 38.2 Å². The van der Waals surface area contributed by atoms with Crippen LogP contribution < -0.4 is 10.5 Å². The van der Waals surface area contributed by atoms with Crippen LogP contribution in [0.5, 0.6) is 5.75 Å². The molecule has 1 fully saturated rings. The van der Waals surface area contributed by atoms with Crippen LogP contribution in [0.4, 0.5) is 5.69 Å². The summed E-state index contributed by atoms with van der Waals surface area (Å²) in [6.45, 7) is 3.55. The number of hydrogen-bond donors (Lipinski definition) is 1. The van der Waals surface area contributed by atoms with Crippen LogP contribution in [0.2, 0.25) is 0 Å². The van der Waals surface area contributed by atoms with Crippen LogP contribution in [-0.2, 0) is 10.0 Å². The summed E-state index contributed by atoms with van der Waals surface area (Å²) < 4.78 is 31.8. The van der Waals surface area contributed by atoms with Crippen LogP contribution in [0.3, 0.4) is 0 Å². The summed E-state index contributed by atoms with van der Waals surface area (Å²) in [7, 11) is -3.25. The van der Waals surface area contributed by atoms with E-state index in [1.165, 1.54) is 0 Å². The Hall–Kier alpha value is -1.27. The van der Waals surface area contributed by atoms with E-state index in [1.54, 1.807) is 16.4 Å². The lowest BCUT2D eigenvalue weighted by atomic mass is 10.0. The summed E-state index contributed by atoms with van der Waals surface area (Å²) in [6, 6.07) is 7.11. The molecule has 1 atom stereocenters. The van der Waals surface area contributed by atoms with Crippen LogP contribution in [0, 0.1) is 5.92 Å². The van der Waals surface area contributed by atoms with Gasteiger partial charge in [-0.3, -0.25) is 0 Å². The minimum Gasteiger partial charge on any atom is -0.490 e. The molecule has 118 valence electrons. The number of nitrogens with zero attached hydrogens (tertiary/aromatic N) is 1. The lowest BCUT2D eigenvalue weighted by Gasteiger charge is -2.20. The second-order valence-electron chi connectivity index (χ2n) is 5.64. The quantitative estimate of drug-likeness (QED) is 0.845. The fourth-order valence-electron chi connectivity index (χ4n) is 2.51. The normalized spacial score (nSPS) is 20.9. The Morgan fingerprint density at radius 1 is 1.29 bits per heavy atom. The summed E-state index contributed by atoms with van der Waals surface area (Å²) in [5.74, 6) is 1.14. The zero-order chi connectivity index (χ0) is 15.3. The van der Waals surface area contributed by atoms with E-state index in [4.69, 9.17) is 10.5 Å². The van der Waals surface area contributed by atoms with Crippen molar-refractivity contribution in [3.63, 3.8) is 0 Å². The van der Waals surface area contributed by atoms with Crippen molar-refractivity contribution in [2.45, 2.75) is 26.2 Å². The third-order valence-electron chi connectivity index (χ3n) is 3.89. The van der Waals surface area contributed by atoms with Gasteiger partial charge in [-0.25, -0.2) is 12.7 Å². The van der Waals surface area contributed by atoms with Gasteiger partial charge in [0.05, 0.1) is 11.4 Å². The molecule has 0 spiro atoms. The number of hydrogen-bond acceptors (Lipinski definition) is 4. The van der Waals surface area contributed by atoms with Crippen molar-refractivity contribution < 1.29 is 13.2 Å². The lowest BCUT2D eigenvalue weighted by molar-refractivity contribution is 0.335. The van der Waals surface area contributed by atoms with Gasteiger partial charge >= 0.3 is 0 Å². The average molecular weight is 312 g/mol. The molecule has 21 heavy (non-hydrogen) atoms. The molecule has 1 aromatic carbocycles. The second kappa shape index (κ2) is 7.13. The Morgan fingerprint density at radius 3 is 2.81 bits per heavy atom. The molecule has 0 radical (unpaired) electrons. The van der Waals surface area contributed by atoms with E-state index in [1.807, 2.05) is 12.1 Å². The molecular formula is C15H24N2O3S. The van der Waals surface area contributed by atoms with E-state index in [9.17, 15) is 8.42 Å². The molecule has 1 saturated heterocycles. The number of ether oxygens (including phenoxy) is 1. The van der Waals surface area contributed by atoms with Gasteiger partial charge in [0.15, 0.2) is 0 Å². The predicted molar refractivity (Wildman–Crippen MR) is 84.7 cm³/mol. The molecule has 2 rings (SSSR count). The topological polar surface area (TPSA) is 72.6 Å². The van der Waals surface area contributed by atoms with E-state index in [2.05, 4.69) is 6.92 Å². The van der Waals surface area contributed by atoms with E-state index in [-0.39, 0.29) is 12.4 Å². The Kier molecular flexibility index (Phi) is 5.47. The van der Waals surface area contributed by atoms with E-state index < -0.39 is 10.0 Å². The highest BCUT2D eigenvalue weighted by molar-refractivity contribution is 7.89. The maximum Gasteiger partial charge on any atom is 0.217 e. The van der Waals surface area contributed by atoms with Crippen LogP contribution in [0.1, 0.15) is 26.2 Å². The second-order valence-corrected chi connectivity index (χ2v) is 7.73. The summed E-state index contributed by atoms with van der Waals surface area (Å²) in [4.78, 5) is 0. The summed E-state index contributed by atoms with van der Waals surface area (Å²) >= 11 is 0. The molecule has 0 saturated carbocycles. The highest BCUT2D eigenvalue weighted by atomic mass is 32.2. The molecule has 1 unspecified atom stereocenters. The standard InChI is InChI=1S/C15H24N2O3S/c1-13-5-4-9-17(10-8-13)21(18,19)12-11-20-15-7-3-2-6-14(15)16/h2-3,6-7,13H,4-5,8-12,16H2,1H3. The maximum atomic E-state index is 12.3. The minimum atomic E-state index is -3.25. The van der Waals surface area contributed by atoms with Crippen molar-refractivity contribution in [1.82, 2.24) is 4.31 Å². The van der Waals surface area contributed by atoms with Crippen LogP contribution >= 0.6 is 0 Å².